The van der Waals surface area contributed by atoms with Crippen molar-refractivity contribution < 1.29 is 51.5 Å². The first kappa shape index (κ1) is 47.7. The van der Waals surface area contributed by atoms with E-state index in [9.17, 15) is 46.7 Å². The normalized spacial score (nSPS) is 21.1. The van der Waals surface area contributed by atoms with E-state index in [0.717, 1.165) is 12.8 Å². The van der Waals surface area contributed by atoms with Gasteiger partial charge in [-0.05, 0) is 54.4 Å². The molecule has 3 fully saturated rings. The SMILES string of the molecule is CCC.CN(C)C(=O)[C@@H](NC(=O)CNC(=O)C(=O)C(CC1CC1)NC(=O)[C@@H]1[C@@H]2[C@H](CN1C(=O)[C@@H](NC(=O)OC(C)(C)C(F)(F)F)C(C)(C)C)C2(C)C)c1ccccc1. The van der Waals surface area contributed by atoms with Crippen LogP contribution in [0.3, 0.4) is 0 Å². The van der Waals surface area contributed by atoms with Crippen LogP contribution in [0.4, 0.5) is 18.0 Å². The third kappa shape index (κ3) is 11.7. The molecule has 14 nitrogen and oxygen atoms in total. The van der Waals surface area contributed by atoms with Crippen LogP contribution in [-0.2, 0) is 33.5 Å². The maximum atomic E-state index is 14.2. The average molecular weight is 823 g/mol. The van der Waals surface area contributed by atoms with Gasteiger partial charge in [0.1, 0.15) is 18.1 Å². The number of likely N-dealkylation sites (N-methyl/N-ethyl adjacent to an activating group) is 1. The number of benzene rings is 1. The maximum Gasteiger partial charge on any atom is 0.427 e. The lowest BCUT2D eigenvalue weighted by atomic mass is 9.85. The Balaban J connectivity index is 0.00000291. The Bertz CT molecular complexity index is 1690. The summed E-state index contributed by atoms with van der Waals surface area (Å²) in [6, 6.07) is 3.65. The Morgan fingerprint density at radius 3 is 1.98 bits per heavy atom. The molecule has 6 atom stereocenters. The quantitative estimate of drug-likeness (QED) is 0.201. The van der Waals surface area contributed by atoms with Crippen molar-refractivity contribution in [3.05, 3.63) is 35.9 Å². The van der Waals surface area contributed by atoms with Gasteiger partial charge in [0.15, 0.2) is 0 Å². The van der Waals surface area contributed by atoms with E-state index in [4.69, 9.17) is 0 Å². The number of Topliss-reactive ketones (excluding diaryl/α,β-unsaturated/α-hetero) is 1. The summed E-state index contributed by atoms with van der Waals surface area (Å²) in [5.41, 5.74) is -3.73. The molecule has 1 unspecified atom stereocenters. The van der Waals surface area contributed by atoms with Gasteiger partial charge in [-0.1, -0.05) is 98.1 Å². The van der Waals surface area contributed by atoms with E-state index in [1.807, 2.05) is 13.8 Å². The van der Waals surface area contributed by atoms with Crippen LogP contribution in [0, 0.1) is 28.6 Å². The molecule has 1 aromatic rings. The number of ketones is 1. The van der Waals surface area contributed by atoms with E-state index in [0.29, 0.717) is 19.4 Å². The van der Waals surface area contributed by atoms with Gasteiger partial charge in [-0.15, -0.1) is 0 Å². The fourth-order valence-electron chi connectivity index (χ4n) is 7.05. The number of hydrogen-bond donors (Lipinski definition) is 4. The Kier molecular flexibility index (Phi) is 15.2. The van der Waals surface area contributed by atoms with Crippen LogP contribution >= 0.6 is 0 Å². The molecule has 1 aliphatic heterocycles. The minimum atomic E-state index is -4.88. The molecular weight excluding hydrogens is 761 g/mol. The number of carbonyl (C=O) groups is 7. The molecule has 0 aromatic heterocycles. The predicted molar refractivity (Wildman–Crippen MR) is 209 cm³/mol. The highest BCUT2D eigenvalue weighted by Gasteiger charge is 2.70. The van der Waals surface area contributed by atoms with Gasteiger partial charge < -0.3 is 35.8 Å². The monoisotopic (exact) mass is 822 g/mol. The highest BCUT2D eigenvalue weighted by molar-refractivity contribution is 6.38. The van der Waals surface area contributed by atoms with Crippen molar-refractivity contribution in [2.75, 3.05) is 27.2 Å². The smallest absolute Gasteiger partial charge is 0.427 e. The molecule has 6 amide bonds. The maximum absolute atomic E-state index is 14.2. The van der Waals surface area contributed by atoms with Gasteiger partial charge in [0, 0.05) is 20.6 Å². The molecule has 1 heterocycles. The summed E-state index contributed by atoms with van der Waals surface area (Å²) in [5.74, 6) is -5.09. The summed E-state index contributed by atoms with van der Waals surface area (Å²) in [4.78, 5) is 96.0. The molecule has 2 saturated carbocycles. The Hall–Kier alpha value is -4.70. The number of fused-ring (bicyclic) bond motifs is 1. The molecule has 4 N–H and O–H groups in total. The Labute approximate surface area is 339 Å². The van der Waals surface area contributed by atoms with Crippen LogP contribution in [0.1, 0.15) is 99.6 Å². The van der Waals surface area contributed by atoms with Gasteiger partial charge in [0.25, 0.3) is 5.91 Å². The lowest BCUT2D eigenvalue weighted by Gasteiger charge is -2.38. The molecule has 1 aromatic carbocycles. The highest BCUT2D eigenvalue weighted by atomic mass is 19.4. The van der Waals surface area contributed by atoms with Gasteiger partial charge in [0.2, 0.25) is 35.0 Å². The zero-order valence-electron chi connectivity index (χ0n) is 35.5. The molecule has 4 rings (SSSR count). The summed E-state index contributed by atoms with van der Waals surface area (Å²) >= 11 is 0. The van der Waals surface area contributed by atoms with Crippen molar-refractivity contribution in [2.45, 2.75) is 124 Å². The van der Waals surface area contributed by atoms with Crippen molar-refractivity contribution in [2.24, 2.45) is 28.6 Å². The number of nitrogens with zero attached hydrogens (tertiary/aromatic N) is 2. The van der Waals surface area contributed by atoms with E-state index in [-0.39, 0.29) is 36.1 Å². The van der Waals surface area contributed by atoms with Gasteiger partial charge in [-0.3, -0.25) is 28.8 Å². The lowest BCUT2D eigenvalue weighted by Crippen LogP contribution is -2.61. The number of hydrogen-bond acceptors (Lipinski definition) is 8. The second-order valence-corrected chi connectivity index (χ2v) is 17.9. The predicted octanol–water partition coefficient (Wildman–Crippen LogP) is 4.28. The van der Waals surface area contributed by atoms with Crippen LogP contribution in [0.25, 0.3) is 0 Å². The van der Waals surface area contributed by atoms with Crippen molar-refractivity contribution >= 4 is 41.4 Å². The molecule has 17 heteroatoms. The standard InChI is InChI=1S/C38H53F3N6O8.C3H8/c1-35(2,3)29(45-34(54)55-37(6,7)38(39,40)41)33(53)47-19-22-25(36(22,4)5)27(47)30(50)43-23(17-20-15-16-20)28(49)31(51)42-18-24(48)44-26(32(52)46(8)9)21-13-11-10-12-14-21;1-3-2/h10-14,20,22-23,25-27,29H,15-19H2,1-9H3,(H,42,51)(H,43,50)(H,44,48)(H,45,54);3H2,1-2H3/t22-,23?,25-,26-,27-,29+;/m0./s1. The third-order valence-corrected chi connectivity index (χ3v) is 10.8. The van der Waals surface area contributed by atoms with Gasteiger partial charge >= 0.3 is 12.3 Å². The second kappa shape index (κ2) is 18.5. The van der Waals surface area contributed by atoms with Crippen LogP contribution in [0.5, 0.6) is 0 Å². The number of halogens is 3. The summed E-state index contributed by atoms with van der Waals surface area (Å²) in [6.45, 7) is 13.8. The number of alkyl carbamates (subject to hydrolysis) is 1. The number of likely N-dealkylation sites (tertiary alicyclic amines) is 1. The molecular formula is C41H61F3N6O8. The van der Waals surface area contributed by atoms with Crippen LogP contribution in [0.15, 0.2) is 30.3 Å². The molecule has 58 heavy (non-hydrogen) atoms. The highest BCUT2D eigenvalue weighted by Crippen LogP contribution is 2.65. The van der Waals surface area contributed by atoms with Crippen molar-refractivity contribution in [1.29, 1.82) is 0 Å². The first-order chi connectivity index (χ1) is 26.7. The molecule has 0 radical (unpaired) electrons. The Morgan fingerprint density at radius 1 is 0.914 bits per heavy atom. The zero-order valence-corrected chi connectivity index (χ0v) is 35.5. The molecule has 324 valence electrons. The first-order valence-corrected chi connectivity index (χ1v) is 19.7. The van der Waals surface area contributed by atoms with E-state index >= 15 is 0 Å². The van der Waals surface area contributed by atoms with Gasteiger partial charge in [-0.2, -0.15) is 13.2 Å². The van der Waals surface area contributed by atoms with E-state index in [1.54, 1.807) is 51.1 Å². The largest absolute Gasteiger partial charge is 0.434 e. The van der Waals surface area contributed by atoms with Gasteiger partial charge in [-0.25, -0.2) is 4.79 Å². The van der Waals surface area contributed by atoms with Crippen molar-refractivity contribution in [1.82, 2.24) is 31.1 Å². The first-order valence-electron chi connectivity index (χ1n) is 19.7. The van der Waals surface area contributed by atoms with Gasteiger partial charge in [0.05, 0.1) is 12.6 Å². The minimum absolute atomic E-state index is 0.0573. The van der Waals surface area contributed by atoms with E-state index in [1.165, 1.54) is 30.3 Å². The number of ether oxygens (including phenoxy) is 1. The van der Waals surface area contributed by atoms with E-state index in [2.05, 4.69) is 39.9 Å². The molecule has 0 bridgehead atoms. The number of piperidine rings is 1. The number of amides is 6. The number of rotatable bonds is 14. The van der Waals surface area contributed by atoms with Crippen molar-refractivity contribution in [3.63, 3.8) is 0 Å². The van der Waals surface area contributed by atoms with Crippen LogP contribution in [0.2, 0.25) is 0 Å². The summed E-state index contributed by atoms with van der Waals surface area (Å²) in [5, 5.41) is 9.86. The number of alkyl halides is 3. The molecule has 2 aliphatic carbocycles. The second-order valence-electron chi connectivity index (χ2n) is 17.9. The Morgan fingerprint density at radius 2 is 1.48 bits per heavy atom. The average Bonchev–Trinajstić information content (AvgIpc) is 3.97. The number of carbonyl (C=O) groups excluding carboxylic acids is 7. The third-order valence-electron chi connectivity index (χ3n) is 10.8. The topological polar surface area (TPSA) is 183 Å². The molecule has 3 aliphatic rings. The fourth-order valence-corrected chi connectivity index (χ4v) is 7.05. The lowest BCUT2D eigenvalue weighted by molar-refractivity contribution is -0.244. The molecule has 0 spiro atoms. The van der Waals surface area contributed by atoms with Crippen LogP contribution < -0.4 is 21.3 Å². The zero-order chi connectivity index (χ0) is 44.1. The molecule has 1 saturated heterocycles. The summed E-state index contributed by atoms with van der Waals surface area (Å²) in [7, 11) is 3.06. The van der Waals surface area contributed by atoms with Crippen LogP contribution in [-0.4, -0.2) is 108 Å². The fraction of sp³-hybridized carbons (Fsp3) is 0.683. The minimum Gasteiger partial charge on any atom is -0.434 e. The summed E-state index contributed by atoms with van der Waals surface area (Å²) < 4.78 is 45.0. The number of nitrogens with one attached hydrogen (secondary N) is 4. The summed E-state index contributed by atoms with van der Waals surface area (Å²) in [6.07, 6.45) is -3.40. The van der Waals surface area contributed by atoms with E-state index < -0.39 is 89.3 Å². The van der Waals surface area contributed by atoms with Crippen molar-refractivity contribution in [3.8, 4) is 0 Å².